The summed E-state index contributed by atoms with van der Waals surface area (Å²) in [6.45, 7) is 5.33. The molecule has 0 unspecified atom stereocenters. The summed E-state index contributed by atoms with van der Waals surface area (Å²) in [5.74, 6) is 1.77. The summed E-state index contributed by atoms with van der Waals surface area (Å²) in [4.78, 5) is 14.3. The molecule has 0 radical (unpaired) electrons. The van der Waals surface area contributed by atoms with E-state index in [1.807, 2.05) is 24.3 Å². The molecule has 4 nitrogen and oxygen atoms in total. The molecule has 0 bridgehead atoms. The van der Waals surface area contributed by atoms with Crippen molar-refractivity contribution in [2.45, 2.75) is 32.7 Å². The molecule has 0 spiro atoms. The van der Waals surface area contributed by atoms with Crippen LogP contribution in [0.1, 0.15) is 31.7 Å². The van der Waals surface area contributed by atoms with Gasteiger partial charge in [-0.1, -0.05) is 19.1 Å². The van der Waals surface area contributed by atoms with Crippen molar-refractivity contribution >= 4 is 5.91 Å². The fraction of sp³-hybridized carbons (Fsp3) is 0.588. The lowest BCUT2D eigenvalue weighted by atomic mass is 10.2. The molecule has 4 heteroatoms. The molecule has 2 rings (SSSR count). The van der Waals surface area contributed by atoms with Crippen molar-refractivity contribution in [2.24, 2.45) is 5.92 Å². The second-order valence-corrected chi connectivity index (χ2v) is 5.80. The van der Waals surface area contributed by atoms with Gasteiger partial charge in [0.1, 0.15) is 5.75 Å². The monoisotopic (exact) mass is 290 g/mol. The Morgan fingerprint density at radius 2 is 2.05 bits per heavy atom. The largest absolute Gasteiger partial charge is 0.497 e. The lowest BCUT2D eigenvalue weighted by Gasteiger charge is -2.20. The van der Waals surface area contributed by atoms with Crippen LogP contribution in [-0.2, 0) is 11.3 Å². The number of amides is 1. The summed E-state index contributed by atoms with van der Waals surface area (Å²) < 4.78 is 5.12. The van der Waals surface area contributed by atoms with Crippen molar-refractivity contribution in [1.29, 1.82) is 0 Å². The molecule has 0 aromatic heterocycles. The number of ether oxygens (including phenoxy) is 1. The zero-order valence-electron chi connectivity index (χ0n) is 13.1. The standard InChI is InChI=1S/C17H26N2O2/c1-3-10-19(12-15-4-5-15)13-17(20)18-11-14-6-8-16(21-2)9-7-14/h6-9,15H,3-5,10-13H2,1-2H3,(H,18,20). The van der Waals surface area contributed by atoms with Crippen LogP contribution in [-0.4, -0.2) is 37.6 Å². The number of nitrogens with one attached hydrogen (secondary N) is 1. The minimum absolute atomic E-state index is 0.111. The van der Waals surface area contributed by atoms with Crippen LogP contribution in [0.2, 0.25) is 0 Å². The van der Waals surface area contributed by atoms with Gasteiger partial charge in [-0.25, -0.2) is 0 Å². The predicted octanol–water partition coefficient (Wildman–Crippen LogP) is 2.43. The minimum Gasteiger partial charge on any atom is -0.497 e. The van der Waals surface area contributed by atoms with Crippen LogP contribution in [0.4, 0.5) is 0 Å². The van der Waals surface area contributed by atoms with E-state index in [1.165, 1.54) is 12.8 Å². The Hall–Kier alpha value is -1.55. The number of methoxy groups -OCH3 is 1. The van der Waals surface area contributed by atoms with Gasteiger partial charge in [-0.15, -0.1) is 0 Å². The predicted molar refractivity (Wildman–Crippen MR) is 84.3 cm³/mol. The van der Waals surface area contributed by atoms with Crippen molar-refractivity contribution in [1.82, 2.24) is 10.2 Å². The van der Waals surface area contributed by atoms with Crippen LogP contribution in [0.5, 0.6) is 5.75 Å². The fourth-order valence-corrected chi connectivity index (χ4v) is 2.42. The minimum atomic E-state index is 0.111. The third-order valence-electron chi connectivity index (χ3n) is 3.77. The topological polar surface area (TPSA) is 41.6 Å². The highest BCUT2D eigenvalue weighted by Crippen LogP contribution is 2.29. The van der Waals surface area contributed by atoms with Gasteiger partial charge in [-0.05, 0) is 49.4 Å². The van der Waals surface area contributed by atoms with Crippen molar-refractivity contribution < 1.29 is 9.53 Å². The van der Waals surface area contributed by atoms with E-state index in [4.69, 9.17) is 4.74 Å². The molecule has 1 aromatic rings. The van der Waals surface area contributed by atoms with Crippen molar-refractivity contribution in [2.75, 3.05) is 26.7 Å². The van der Waals surface area contributed by atoms with Crippen LogP contribution < -0.4 is 10.1 Å². The van der Waals surface area contributed by atoms with E-state index in [9.17, 15) is 4.79 Å². The van der Waals surface area contributed by atoms with Gasteiger partial charge in [0.05, 0.1) is 13.7 Å². The highest BCUT2D eigenvalue weighted by molar-refractivity contribution is 5.78. The zero-order chi connectivity index (χ0) is 15.1. The molecular weight excluding hydrogens is 264 g/mol. The van der Waals surface area contributed by atoms with Crippen LogP contribution in [0, 0.1) is 5.92 Å². The molecule has 1 aliphatic rings. The quantitative estimate of drug-likeness (QED) is 0.759. The van der Waals surface area contributed by atoms with E-state index in [-0.39, 0.29) is 5.91 Å². The van der Waals surface area contributed by atoms with Crippen LogP contribution >= 0.6 is 0 Å². The van der Waals surface area contributed by atoms with Gasteiger partial charge in [0.2, 0.25) is 5.91 Å². The first-order valence-electron chi connectivity index (χ1n) is 7.83. The second-order valence-electron chi connectivity index (χ2n) is 5.80. The van der Waals surface area contributed by atoms with E-state index >= 15 is 0 Å². The Labute approximate surface area is 127 Å². The maximum Gasteiger partial charge on any atom is 0.234 e. The summed E-state index contributed by atoms with van der Waals surface area (Å²) in [7, 11) is 1.65. The van der Waals surface area contributed by atoms with Gasteiger partial charge in [0.25, 0.3) is 0 Å². The molecular formula is C17H26N2O2. The van der Waals surface area contributed by atoms with E-state index in [2.05, 4.69) is 17.1 Å². The number of carbonyl (C=O) groups excluding carboxylic acids is 1. The summed E-state index contributed by atoms with van der Waals surface area (Å²) >= 11 is 0. The van der Waals surface area contributed by atoms with Crippen LogP contribution in [0.25, 0.3) is 0 Å². The first kappa shape index (κ1) is 15.8. The Morgan fingerprint density at radius 1 is 1.33 bits per heavy atom. The molecule has 0 saturated heterocycles. The van der Waals surface area contributed by atoms with Crippen LogP contribution in [0.3, 0.4) is 0 Å². The van der Waals surface area contributed by atoms with E-state index in [1.54, 1.807) is 7.11 Å². The third kappa shape index (κ3) is 5.76. The smallest absolute Gasteiger partial charge is 0.234 e. The molecule has 0 aliphatic heterocycles. The molecule has 0 atom stereocenters. The summed E-state index contributed by atoms with van der Waals surface area (Å²) in [6.07, 6.45) is 3.75. The normalized spacial score (nSPS) is 14.2. The van der Waals surface area contributed by atoms with Gasteiger partial charge in [0.15, 0.2) is 0 Å². The third-order valence-corrected chi connectivity index (χ3v) is 3.77. The molecule has 1 fully saturated rings. The molecule has 21 heavy (non-hydrogen) atoms. The SMILES string of the molecule is CCCN(CC(=O)NCc1ccc(OC)cc1)CC1CC1. The number of benzene rings is 1. The zero-order valence-corrected chi connectivity index (χ0v) is 13.1. The number of nitrogens with zero attached hydrogens (tertiary/aromatic N) is 1. The number of rotatable bonds is 9. The molecule has 1 N–H and O–H groups in total. The van der Waals surface area contributed by atoms with Gasteiger partial charge in [-0.2, -0.15) is 0 Å². The molecule has 0 heterocycles. The Kier molecular flexibility index (Phi) is 6.05. The Morgan fingerprint density at radius 3 is 2.62 bits per heavy atom. The Balaban J connectivity index is 1.73. The molecule has 1 saturated carbocycles. The fourth-order valence-electron chi connectivity index (χ4n) is 2.42. The maximum absolute atomic E-state index is 12.0. The van der Waals surface area contributed by atoms with Crippen molar-refractivity contribution in [3.8, 4) is 5.75 Å². The molecule has 116 valence electrons. The van der Waals surface area contributed by atoms with E-state index in [0.29, 0.717) is 13.1 Å². The highest BCUT2D eigenvalue weighted by Gasteiger charge is 2.24. The van der Waals surface area contributed by atoms with Gasteiger partial charge in [-0.3, -0.25) is 9.69 Å². The molecule has 1 amide bonds. The van der Waals surface area contributed by atoms with Gasteiger partial charge in [0, 0.05) is 13.1 Å². The number of hydrogen-bond acceptors (Lipinski definition) is 3. The first-order valence-corrected chi connectivity index (χ1v) is 7.83. The van der Waals surface area contributed by atoms with Gasteiger partial charge < -0.3 is 10.1 Å². The lowest BCUT2D eigenvalue weighted by Crippen LogP contribution is -2.38. The lowest BCUT2D eigenvalue weighted by molar-refractivity contribution is -0.122. The maximum atomic E-state index is 12.0. The van der Waals surface area contributed by atoms with E-state index < -0.39 is 0 Å². The van der Waals surface area contributed by atoms with Crippen LogP contribution in [0.15, 0.2) is 24.3 Å². The summed E-state index contributed by atoms with van der Waals surface area (Å²) in [6, 6.07) is 7.79. The van der Waals surface area contributed by atoms with Crippen molar-refractivity contribution in [3.05, 3.63) is 29.8 Å². The first-order chi connectivity index (χ1) is 10.2. The van der Waals surface area contributed by atoms with Crippen molar-refractivity contribution in [3.63, 3.8) is 0 Å². The highest BCUT2D eigenvalue weighted by atomic mass is 16.5. The summed E-state index contributed by atoms with van der Waals surface area (Å²) in [5.41, 5.74) is 1.09. The molecule has 1 aliphatic carbocycles. The summed E-state index contributed by atoms with van der Waals surface area (Å²) in [5, 5.41) is 3.00. The average Bonchev–Trinajstić information content (AvgIpc) is 3.30. The molecule has 1 aromatic carbocycles. The number of hydrogen-bond donors (Lipinski definition) is 1. The number of carbonyl (C=O) groups is 1. The van der Waals surface area contributed by atoms with E-state index in [0.717, 1.165) is 36.7 Å². The second kappa shape index (κ2) is 8.03. The Bertz CT molecular complexity index is 441. The van der Waals surface area contributed by atoms with Gasteiger partial charge >= 0.3 is 0 Å². The average molecular weight is 290 g/mol.